The Morgan fingerprint density at radius 3 is 2.68 bits per heavy atom. The van der Waals surface area contributed by atoms with Gasteiger partial charge in [0.15, 0.2) is 0 Å². The molecule has 1 aliphatic rings. The Kier molecular flexibility index (Phi) is 4.96. The molecule has 1 unspecified atom stereocenters. The topological polar surface area (TPSA) is 44.8 Å². The monoisotopic (exact) mass is 349 g/mol. The number of anilines is 1. The fourth-order valence-corrected chi connectivity index (χ4v) is 2.45. The number of terminal acetylenes is 1. The zero-order valence-corrected chi connectivity index (χ0v) is 12.8. The molecule has 0 aliphatic carbocycles. The second-order valence-electron chi connectivity index (χ2n) is 4.33. The average Bonchev–Trinajstić information content (AvgIpc) is 2.73. The van der Waals surface area contributed by atoms with E-state index in [4.69, 9.17) is 34.4 Å². The highest BCUT2D eigenvalue weighted by Gasteiger charge is 2.41. The van der Waals surface area contributed by atoms with Gasteiger partial charge in [0, 0.05) is 6.07 Å². The second kappa shape index (κ2) is 6.57. The van der Waals surface area contributed by atoms with Crippen molar-refractivity contribution in [2.75, 3.05) is 11.6 Å². The quantitative estimate of drug-likeness (QED) is 0.669. The second-order valence-corrected chi connectivity index (χ2v) is 5.15. The van der Waals surface area contributed by atoms with Gasteiger partial charge in [0.1, 0.15) is 18.5 Å². The predicted octanol–water partition coefficient (Wildman–Crippen LogP) is 3.32. The maximum absolute atomic E-state index is 12.9. The highest BCUT2D eigenvalue weighted by Crippen LogP contribution is 2.37. The maximum Gasteiger partial charge on any atom is 0.344 e. The van der Waals surface area contributed by atoms with Crippen LogP contribution in [0, 0.1) is 12.3 Å². The molecule has 0 radical (unpaired) electrons. The van der Waals surface area contributed by atoms with Gasteiger partial charge in [-0.2, -0.15) is 8.78 Å². The van der Waals surface area contributed by atoms with E-state index in [1.54, 1.807) is 0 Å². The Bertz CT molecular complexity index is 636. The molecule has 1 atom stereocenters. The van der Waals surface area contributed by atoms with Crippen molar-refractivity contribution in [3.8, 4) is 18.1 Å². The molecule has 1 N–H and O–H groups in total. The van der Waals surface area contributed by atoms with E-state index in [0.29, 0.717) is 4.90 Å². The molecule has 1 aromatic carbocycles. The van der Waals surface area contributed by atoms with Crippen LogP contribution in [0.1, 0.15) is 6.92 Å². The first kappa shape index (κ1) is 16.6. The molecular weight excluding hydrogens is 339 g/mol. The Labute approximate surface area is 135 Å². The minimum atomic E-state index is -2.94. The Morgan fingerprint density at radius 2 is 2.14 bits per heavy atom. The minimum absolute atomic E-state index is 0.0400. The summed E-state index contributed by atoms with van der Waals surface area (Å²) in [6.45, 7) is -1.56. The number of hydrazine groups is 1. The normalized spacial score (nSPS) is 18.0. The molecule has 2 amide bonds. The molecule has 0 aromatic heterocycles. The fraction of sp³-hybridized carbons (Fsp3) is 0.308. The molecular formula is C13H11Cl2F2N3O2. The van der Waals surface area contributed by atoms with Crippen molar-refractivity contribution in [2.24, 2.45) is 0 Å². The Balaban J connectivity index is 2.37. The van der Waals surface area contributed by atoms with Crippen LogP contribution in [-0.4, -0.2) is 30.3 Å². The average molecular weight is 350 g/mol. The molecule has 0 spiro atoms. The standard InChI is InChI=1S/C13H11Cl2F2N3O2/c1-3-4-22-11-6-10(8(14)5-9(11)15)20-13(21)19(12(16)17)7(2)18-20/h1,5-7,12,18H,4H2,2H3. The zero-order valence-electron chi connectivity index (χ0n) is 11.3. The van der Waals surface area contributed by atoms with Crippen molar-refractivity contribution in [1.29, 1.82) is 0 Å². The van der Waals surface area contributed by atoms with E-state index in [0.717, 1.165) is 5.01 Å². The molecule has 0 saturated carbocycles. The highest BCUT2D eigenvalue weighted by molar-refractivity contribution is 6.37. The van der Waals surface area contributed by atoms with E-state index in [9.17, 15) is 13.6 Å². The largest absolute Gasteiger partial charge is 0.479 e. The SMILES string of the molecule is C#CCOc1cc(N2NC(C)N(C(F)F)C2=O)c(Cl)cc1Cl. The third kappa shape index (κ3) is 3.04. The van der Waals surface area contributed by atoms with Crippen molar-refractivity contribution in [3.63, 3.8) is 0 Å². The third-order valence-corrected chi connectivity index (χ3v) is 3.51. The van der Waals surface area contributed by atoms with E-state index >= 15 is 0 Å². The molecule has 2 rings (SSSR count). The summed E-state index contributed by atoms with van der Waals surface area (Å²) < 4.78 is 31.0. The van der Waals surface area contributed by atoms with Crippen molar-refractivity contribution in [3.05, 3.63) is 22.2 Å². The summed E-state index contributed by atoms with van der Waals surface area (Å²) in [7, 11) is 0. The lowest BCUT2D eigenvalue weighted by molar-refractivity contribution is -0.00783. The van der Waals surface area contributed by atoms with Crippen molar-refractivity contribution < 1.29 is 18.3 Å². The molecule has 1 fully saturated rings. The highest BCUT2D eigenvalue weighted by atomic mass is 35.5. The number of amides is 2. The van der Waals surface area contributed by atoms with Crippen LogP contribution in [0.4, 0.5) is 19.3 Å². The first-order valence-electron chi connectivity index (χ1n) is 6.09. The number of halogens is 4. The number of carbonyl (C=O) groups excluding carboxylic acids is 1. The summed E-state index contributed by atoms with van der Waals surface area (Å²) in [5.74, 6) is 2.46. The molecule has 22 heavy (non-hydrogen) atoms. The summed E-state index contributed by atoms with van der Waals surface area (Å²) in [6, 6.07) is 1.76. The first-order chi connectivity index (χ1) is 10.4. The first-order valence-corrected chi connectivity index (χ1v) is 6.84. The summed E-state index contributed by atoms with van der Waals surface area (Å²) in [6.07, 6.45) is 4.20. The lowest BCUT2D eigenvalue weighted by atomic mass is 10.3. The van der Waals surface area contributed by atoms with Crippen LogP contribution in [0.15, 0.2) is 12.1 Å². The van der Waals surface area contributed by atoms with Crippen LogP contribution >= 0.6 is 23.2 Å². The molecule has 1 aromatic rings. The number of hydrogen-bond acceptors (Lipinski definition) is 3. The maximum atomic E-state index is 12.9. The lowest BCUT2D eigenvalue weighted by Gasteiger charge is -2.19. The minimum Gasteiger partial charge on any atom is -0.479 e. The zero-order chi connectivity index (χ0) is 16.4. The van der Waals surface area contributed by atoms with Gasteiger partial charge < -0.3 is 4.74 Å². The number of urea groups is 1. The van der Waals surface area contributed by atoms with Crippen molar-refractivity contribution >= 4 is 34.9 Å². The number of nitrogens with one attached hydrogen (secondary N) is 1. The van der Waals surface area contributed by atoms with Crippen LogP contribution in [0.5, 0.6) is 5.75 Å². The van der Waals surface area contributed by atoms with Gasteiger partial charge in [-0.15, -0.1) is 6.42 Å². The van der Waals surface area contributed by atoms with Gasteiger partial charge in [0.05, 0.1) is 15.7 Å². The van der Waals surface area contributed by atoms with Crippen molar-refractivity contribution in [2.45, 2.75) is 19.6 Å². The number of nitrogens with zero attached hydrogens (tertiary/aromatic N) is 2. The van der Waals surface area contributed by atoms with Crippen LogP contribution < -0.4 is 15.2 Å². The molecule has 1 saturated heterocycles. The van der Waals surface area contributed by atoms with Gasteiger partial charge in [-0.3, -0.25) is 0 Å². The van der Waals surface area contributed by atoms with Gasteiger partial charge in [-0.05, 0) is 13.0 Å². The van der Waals surface area contributed by atoms with Gasteiger partial charge >= 0.3 is 12.6 Å². The number of rotatable bonds is 4. The van der Waals surface area contributed by atoms with E-state index in [1.807, 2.05) is 0 Å². The molecule has 0 bridgehead atoms. The summed E-state index contributed by atoms with van der Waals surface area (Å²) in [5.41, 5.74) is 2.74. The number of alkyl halides is 2. The number of benzene rings is 1. The van der Waals surface area contributed by atoms with Crippen molar-refractivity contribution in [1.82, 2.24) is 10.3 Å². The lowest BCUT2D eigenvalue weighted by Crippen LogP contribution is -2.38. The summed E-state index contributed by atoms with van der Waals surface area (Å²) in [5, 5.41) is 1.20. The molecule has 1 aliphatic heterocycles. The smallest absolute Gasteiger partial charge is 0.344 e. The van der Waals surface area contributed by atoms with Crippen LogP contribution in [0.3, 0.4) is 0 Å². The van der Waals surface area contributed by atoms with Gasteiger partial charge in [-0.25, -0.2) is 20.1 Å². The molecule has 1 heterocycles. The van der Waals surface area contributed by atoms with Gasteiger partial charge in [0.25, 0.3) is 0 Å². The summed E-state index contributed by atoms with van der Waals surface area (Å²) >= 11 is 12.0. The number of hydrogen-bond donors (Lipinski definition) is 1. The predicted molar refractivity (Wildman–Crippen MR) is 79.1 cm³/mol. The fourth-order valence-electron chi connectivity index (χ4n) is 1.93. The molecule has 5 nitrogen and oxygen atoms in total. The summed E-state index contributed by atoms with van der Waals surface area (Å²) in [4.78, 5) is 12.4. The third-order valence-electron chi connectivity index (χ3n) is 2.91. The van der Waals surface area contributed by atoms with E-state index in [2.05, 4.69) is 11.3 Å². The molecule has 9 heteroatoms. The Hall–Kier alpha value is -1.75. The van der Waals surface area contributed by atoms with Gasteiger partial charge in [0.2, 0.25) is 0 Å². The number of carbonyl (C=O) groups is 1. The Morgan fingerprint density at radius 1 is 1.45 bits per heavy atom. The van der Waals surface area contributed by atoms with E-state index in [1.165, 1.54) is 19.1 Å². The number of ether oxygens (including phenoxy) is 1. The van der Waals surface area contributed by atoms with Crippen LogP contribution in [0.25, 0.3) is 0 Å². The van der Waals surface area contributed by atoms with E-state index in [-0.39, 0.29) is 28.1 Å². The molecule has 118 valence electrons. The van der Waals surface area contributed by atoms with Crippen LogP contribution in [0.2, 0.25) is 10.0 Å². The van der Waals surface area contributed by atoms with Gasteiger partial charge in [-0.1, -0.05) is 29.1 Å². The van der Waals surface area contributed by atoms with Crippen LogP contribution in [-0.2, 0) is 0 Å². The van der Waals surface area contributed by atoms with E-state index < -0.39 is 18.7 Å².